The Hall–Kier alpha value is -1.63. The molecule has 0 aliphatic carbocycles. The van der Waals surface area contributed by atoms with Crippen LogP contribution in [-0.2, 0) is 10.1 Å². The van der Waals surface area contributed by atoms with Gasteiger partial charge >= 0.3 is 0 Å². The van der Waals surface area contributed by atoms with E-state index in [9.17, 15) is 8.42 Å². The van der Waals surface area contributed by atoms with Gasteiger partial charge in [0.2, 0.25) is 0 Å². The van der Waals surface area contributed by atoms with Gasteiger partial charge in [-0.25, -0.2) is 0 Å². The number of nitrogens with two attached hydrogens (primary N) is 1. The molecule has 0 saturated heterocycles. The van der Waals surface area contributed by atoms with E-state index < -0.39 is 10.1 Å². The Labute approximate surface area is 92.6 Å². The standard InChI is InChI=1S/C10H9NO3S.H2O/c11-10-3-1-2-7-6-8(15(12,13)14)4-5-9(7)10;/h1-6H,11H2,(H,12,13,14);1H2. The first-order chi connectivity index (χ1) is 6.98. The minimum atomic E-state index is -4.15. The Morgan fingerprint density at radius 1 is 1.12 bits per heavy atom. The van der Waals surface area contributed by atoms with Gasteiger partial charge in [0.15, 0.2) is 0 Å². The molecule has 2 aromatic rings. The molecule has 0 radical (unpaired) electrons. The largest absolute Gasteiger partial charge is 0.412 e. The molecule has 0 aromatic heterocycles. The average Bonchev–Trinajstić information content (AvgIpc) is 2.16. The minimum Gasteiger partial charge on any atom is -0.412 e. The van der Waals surface area contributed by atoms with Crippen molar-refractivity contribution < 1.29 is 18.4 Å². The van der Waals surface area contributed by atoms with Crippen molar-refractivity contribution in [2.45, 2.75) is 4.90 Å². The van der Waals surface area contributed by atoms with Crippen molar-refractivity contribution in [3.8, 4) is 0 Å². The fraction of sp³-hybridized carbons (Fsp3) is 0. The van der Waals surface area contributed by atoms with Crippen LogP contribution in [0.4, 0.5) is 5.69 Å². The third kappa shape index (κ3) is 2.13. The lowest BCUT2D eigenvalue weighted by Crippen LogP contribution is -1.97. The van der Waals surface area contributed by atoms with E-state index in [0.29, 0.717) is 11.1 Å². The predicted octanol–water partition coefficient (Wildman–Crippen LogP) is 0.844. The molecule has 0 amide bonds. The second kappa shape index (κ2) is 4.09. The maximum atomic E-state index is 10.9. The van der Waals surface area contributed by atoms with E-state index in [4.69, 9.17) is 10.3 Å². The van der Waals surface area contributed by atoms with Gasteiger partial charge in [0, 0.05) is 11.1 Å². The van der Waals surface area contributed by atoms with Gasteiger partial charge < -0.3 is 11.2 Å². The van der Waals surface area contributed by atoms with Crippen LogP contribution in [0.15, 0.2) is 41.3 Å². The van der Waals surface area contributed by atoms with E-state index >= 15 is 0 Å². The number of anilines is 1. The molecular formula is C10H11NO4S. The third-order valence-electron chi connectivity index (χ3n) is 2.18. The molecule has 6 heteroatoms. The molecule has 0 spiro atoms. The van der Waals surface area contributed by atoms with Crippen molar-refractivity contribution in [2.24, 2.45) is 0 Å². The third-order valence-corrected chi connectivity index (χ3v) is 3.03. The molecule has 0 fully saturated rings. The van der Waals surface area contributed by atoms with Crippen LogP contribution >= 0.6 is 0 Å². The van der Waals surface area contributed by atoms with E-state index in [1.807, 2.05) is 0 Å². The Morgan fingerprint density at radius 2 is 1.81 bits per heavy atom. The van der Waals surface area contributed by atoms with Crippen LogP contribution in [0.3, 0.4) is 0 Å². The highest BCUT2D eigenvalue weighted by Gasteiger charge is 2.09. The quantitative estimate of drug-likeness (QED) is 0.569. The van der Waals surface area contributed by atoms with Crippen molar-refractivity contribution in [3.05, 3.63) is 36.4 Å². The van der Waals surface area contributed by atoms with Gasteiger partial charge in [-0.2, -0.15) is 8.42 Å². The summed E-state index contributed by atoms with van der Waals surface area (Å²) in [6.45, 7) is 0. The van der Waals surface area contributed by atoms with E-state index in [0.717, 1.165) is 5.39 Å². The topological polar surface area (TPSA) is 112 Å². The Bertz CT molecular complexity index is 622. The maximum Gasteiger partial charge on any atom is 0.294 e. The lowest BCUT2D eigenvalue weighted by Gasteiger charge is -2.03. The average molecular weight is 241 g/mol. The van der Waals surface area contributed by atoms with Crippen molar-refractivity contribution in [3.63, 3.8) is 0 Å². The van der Waals surface area contributed by atoms with Gasteiger partial charge in [0.05, 0.1) is 4.90 Å². The molecule has 0 heterocycles. The lowest BCUT2D eigenvalue weighted by atomic mass is 10.1. The first kappa shape index (κ1) is 12.4. The summed E-state index contributed by atoms with van der Waals surface area (Å²) in [5, 5.41) is 1.45. The molecule has 5 nitrogen and oxygen atoms in total. The summed E-state index contributed by atoms with van der Waals surface area (Å²) in [4.78, 5) is -0.124. The molecule has 5 N–H and O–H groups in total. The van der Waals surface area contributed by atoms with Crippen LogP contribution in [0.2, 0.25) is 0 Å². The summed E-state index contributed by atoms with van der Waals surface area (Å²) in [7, 11) is -4.15. The van der Waals surface area contributed by atoms with Crippen LogP contribution in [0, 0.1) is 0 Å². The first-order valence-corrected chi connectivity index (χ1v) is 5.68. The highest BCUT2D eigenvalue weighted by atomic mass is 32.2. The summed E-state index contributed by atoms with van der Waals surface area (Å²) in [6, 6.07) is 9.49. The van der Waals surface area contributed by atoms with Crippen LogP contribution in [0.5, 0.6) is 0 Å². The van der Waals surface area contributed by atoms with Crippen LogP contribution < -0.4 is 5.73 Å². The van der Waals surface area contributed by atoms with Gasteiger partial charge in [0.1, 0.15) is 0 Å². The number of hydrogen-bond acceptors (Lipinski definition) is 3. The molecule has 0 saturated carbocycles. The monoisotopic (exact) mass is 241 g/mol. The molecular weight excluding hydrogens is 230 g/mol. The van der Waals surface area contributed by atoms with Gasteiger partial charge in [0.25, 0.3) is 10.1 Å². The van der Waals surface area contributed by atoms with E-state index in [2.05, 4.69) is 0 Å². The SMILES string of the molecule is Nc1cccc2cc(S(=O)(=O)O)ccc12.O. The van der Waals surface area contributed by atoms with E-state index in [-0.39, 0.29) is 10.4 Å². The zero-order valence-electron chi connectivity index (χ0n) is 8.21. The molecule has 0 aliphatic rings. The molecule has 0 unspecified atom stereocenters. The van der Waals surface area contributed by atoms with Crippen LogP contribution in [0.25, 0.3) is 10.8 Å². The molecule has 2 aromatic carbocycles. The predicted molar refractivity (Wildman–Crippen MR) is 61.8 cm³/mol. The van der Waals surface area contributed by atoms with Crippen molar-refractivity contribution in [1.82, 2.24) is 0 Å². The number of rotatable bonds is 1. The van der Waals surface area contributed by atoms with Gasteiger partial charge in [-0.05, 0) is 23.6 Å². The van der Waals surface area contributed by atoms with Crippen LogP contribution in [0.1, 0.15) is 0 Å². The summed E-state index contributed by atoms with van der Waals surface area (Å²) in [6.07, 6.45) is 0. The minimum absolute atomic E-state index is 0. The molecule has 0 atom stereocenters. The van der Waals surface area contributed by atoms with Crippen molar-refractivity contribution >= 4 is 26.6 Å². The first-order valence-electron chi connectivity index (χ1n) is 4.24. The number of hydrogen-bond donors (Lipinski definition) is 2. The lowest BCUT2D eigenvalue weighted by molar-refractivity contribution is 0.483. The Morgan fingerprint density at radius 3 is 2.44 bits per heavy atom. The van der Waals surface area contributed by atoms with Crippen molar-refractivity contribution in [1.29, 1.82) is 0 Å². The second-order valence-electron chi connectivity index (χ2n) is 3.21. The summed E-state index contributed by atoms with van der Waals surface area (Å²) >= 11 is 0. The van der Waals surface area contributed by atoms with Gasteiger partial charge in [-0.15, -0.1) is 0 Å². The normalized spacial score (nSPS) is 11.1. The summed E-state index contributed by atoms with van der Waals surface area (Å²) in [5.74, 6) is 0. The Balaban J connectivity index is 0.00000128. The van der Waals surface area contributed by atoms with E-state index in [1.54, 1.807) is 24.3 Å². The highest BCUT2D eigenvalue weighted by molar-refractivity contribution is 7.85. The number of fused-ring (bicyclic) bond motifs is 1. The van der Waals surface area contributed by atoms with Crippen LogP contribution in [-0.4, -0.2) is 18.4 Å². The number of nitrogen functional groups attached to an aromatic ring is 1. The smallest absolute Gasteiger partial charge is 0.294 e. The second-order valence-corrected chi connectivity index (χ2v) is 4.63. The molecule has 0 bridgehead atoms. The van der Waals surface area contributed by atoms with E-state index in [1.165, 1.54) is 12.1 Å². The number of benzene rings is 2. The van der Waals surface area contributed by atoms with Gasteiger partial charge in [-0.1, -0.05) is 18.2 Å². The zero-order chi connectivity index (χ0) is 11.1. The fourth-order valence-corrected chi connectivity index (χ4v) is 1.96. The molecule has 2 rings (SSSR count). The Kier molecular flexibility index (Phi) is 3.18. The van der Waals surface area contributed by atoms with Crippen molar-refractivity contribution in [2.75, 3.05) is 5.73 Å². The summed E-state index contributed by atoms with van der Waals surface area (Å²) in [5.41, 5.74) is 6.28. The summed E-state index contributed by atoms with van der Waals surface area (Å²) < 4.78 is 30.6. The maximum absolute atomic E-state index is 10.9. The molecule has 16 heavy (non-hydrogen) atoms. The van der Waals surface area contributed by atoms with Gasteiger partial charge in [-0.3, -0.25) is 4.55 Å². The zero-order valence-corrected chi connectivity index (χ0v) is 9.03. The highest BCUT2D eigenvalue weighted by Crippen LogP contribution is 2.23. The molecule has 86 valence electrons. The molecule has 0 aliphatic heterocycles. The fourth-order valence-electron chi connectivity index (χ4n) is 1.45.